The fourth-order valence-corrected chi connectivity index (χ4v) is 2.01. The zero-order chi connectivity index (χ0) is 16.0. The minimum atomic E-state index is -0.227. The van der Waals surface area contributed by atoms with Gasteiger partial charge in [-0.25, -0.2) is 0 Å². The van der Waals surface area contributed by atoms with Crippen LogP contribution in [0.4, 0.5) is 0 Å². The highest BCUT2D eigenvalue weighted by Gasteiger charge is 2.16. The Balaban J connectivity index is 1.77. The monoisotopic (exact) mass is 307 g/mol. The van der Waals surface area contributed by atoms with E-state index in [4.69, 9.17) is 14.2 Å². The Labute approximate surface area is 131 Å². The van der Waals surface area contributed by atoms with Gasteiger partial charge < -0.3 is 24.8 Å². The normalized spacial score (nSPS) is 14.1. The van der Waals surface area contributed by atoms with Gasteiger partial charge in [-0.15, -0.1) is 0 Å². The fraction of sp³-hybridized carbons (Fsp3) is 0.562. The molecule has 122 valence electrons. The molecule has 6 nitrogen and oxygen atoms in total. The van der Waals surface area contributed by atoms with E-state index >= 15 is 0 Å². The summed E-state index contributed by atoms with van der Waals surface area (Å²) in [6.45, 7) is 5.84. The van der Waals surface area contributed by atoms with E-state index in [0.717, 1.165) is 30.4 Å². The minimum absolute atomic E-state index is 0.227. The number of nitrogens with zero attached hydrogens (tertiary/aromatic N) is 1. The minimum Gasteiger partial charge on any atom is -0.454 e. The van der Waals surface area contributed by atoms with Crippen LogP contribution in [-0.2, 0) is 11.2 Å². The summed E-state index contributed by atoms with van der Waals surface area (Å²) < 4.78 is 16.1. The number of rotatable bonds is 6. The smallest absolute Gasteiger partial charge is 0.231 e. The van der Waals surface area contributed by atoms with Gasteiger partial charge in [0.25, 0.3) is 0 Å². The highest BCUT2D eigenvalue weighted by molar-refractivity contribution is 5.79. The van der Waals surface area contributed by atoms with Crippen molar-refractivity contribution in [2.45, 2.75) is 25.9 Å². The van der Waals surface area contributed by atoms with Crippen LogP contribution in [0.2, 0.25) is 0 Å². The van der Waals surface area contributed by atoms with Crippen molar-refractivity contribution in [3.63, 3.8) is 0 Å². The van der Waals surface area contributed by atoms with Crippen molar-refractivity contribution in [3.05, 3.63) is 23.8 Å². The van der Waals surface area contributed by atoms with Crippen molar-refractivity contribution in [2.24, 2.45) is 4.99 Å². The summed E-state index contributed by atoms with van der Waals surface area (Å²) in [5.74, 6) is 2.41. The zero-order valence-corrected chi connectivity index (χ0v) is 13.7. The van der Waals surface area contributed by atoms with Crippen LogP contribution in [0, 0.1) is 0 Å². The second-order valence-corrected chi connectivity index (χ2v) is 5.75. The van der Waals surface area contributed by atoms with Crippen molar-refractivity contribution in [1.82, 2.24) is 10.6 Å². The van der Waals surface area contributed by atoms with Crippen molar-refractivity contribution in [1.29, 1.82) is 0 Å². The molecule has 1 aromatic carbocycles. The number of methoxy groups -OCH3 is 1. The predicted octanol–water partition coefficient (Wildman–Crippen LogP) is 1.55. The van der Waals surface area contributed by atoms with Gasteiger partial charge in [0.05, 0.1) is 5.60 Å². The summed E-state index contributed by atoms with van der Waals surface area (Å²) in [6, 6.07) is 6.03. The number of fused-ring (bicyclic) bond motifs is 1. The van der Waals surface area contributed by atoms with Gasteiger partial charge in [-0.1, -0.05) is 6.07 Å². The average Bonchev–Trinajstić information content (AvgIpc) is 2.98. The molecule has 0 fully saturated rings. The first-order valence-corrected chi connectivity index (χ1v) is 7.42. The number of hydrogen-bond donors (Lipinski definition) is 2. The first-order chi connectivity index (χ1) is 10.5. The van der Waals surface area contributed by atoms with Crippen molar-refractivity contribution < 1.29 is 14.2 Å². The first-order valence-electron chi connectivity index (χ1n) is 7.42. The van der Waals surface area contributed by atoms with E-state index in [1.165, 1.54) is 5.56 Å². The third-order valence-electron chi connectivity index (χ3n) is 3.60. The van der Waals surface area contributed by atoms with Crippen LogP contribution in [0.25, 0.3) is 0 Å². The summed E-state index contributed by atoms with van der Waals surface area (Å²) in [7, 11) is 3.47. The largest absolute Gasteiger partial charge is 0.454 e. The first kappa shape index (κ1) is 16.4. The second-order valence-electron chi connectivity index (χ2n) is 5.75. The van der Waals surface area contributed by atoms with Gasteiger partial charge in [0.2, 0.25) is 6.79 Å². The highest BCUT2D eigenvalue weighted by atomic mass is 16.7. The fourth-order valence-electron chi connectivity index (χ4n) is 2.01. The van der Waals surface area contributed by atoms with E-state index in [1.807, 2.05) is 26.0 Å². The highest BCUT2D eigenvalue weighted by Crippen LogP contribution is 2.32. The van der Waals surface area contributed by atoms with Crippen LogP contribution in [-0.4, -0.2) is 45.6 Å². The molecule has 0 radical (unpaired) electrons. The SMILES string of the molecule is CN=C(NCCc1ccc2c(c1)OCO2)NCC(C)(C)OC. The lowest BCUT2D eigenvalue weighted by molar-refractivity contribution is 0.0268. The molecule has 2 rings (SSSR count). The lowest BCUT2D eigenvalue weighted by atomic mass is 10.1. The van der Waals surface area contributed by atoms with Gasteiger partial charge in [-0.05, 0) is 38.0 Å². The maximum Gasteiger partial charge on any atom is 0.231 e. The lowest BCUT2D eigenvalue weighted by Crippen LogP contribution is -2.45. The van der Waals surface area contributed by atoms with E-state index in [2.05, 4.69) is 21.7 Å². The van der Waals surface area contributed by atoms with Gasteiger partial charge in [-0.3, -0.25) is 4.99 Å². The Bertz CT molecular complexity index is 529. The molecule has 1 heterocycles. The lowest BCUT2D eigenvalue weighted by Gasteiger charge is -2.24. The molecule has 0 amide bonds. The topological polar surface area (TPSA) is 64.1 Å². The Kier molecular flexibility index (Phi) is 5.49. The van der Waals surface area contributed by atoms with Gasteiger partial charge in [0, 0.05) is 27.2 Å². The quantitative estimate of drug-likeness (QED) is 0.617. The van der Waals surface area contributed by atoms with Crippen LogP contribution in [0.5, 0.6) is 11.5 Å². The molecule has 0 aliphatic carbocycles. The predicted molar refractivity (Wildman–Crippen MR) is 86.7 cm³/mol. The molecular formula is C16H25N3O3. The Hall–Kier alpha value is -1.95. The molecule has 0 bridgehead atoms. The van der Waals surface area contributed by atoms with Gasteiger partial charge >= 0.3 is 0 Å². The molecule has 1 aliphatic rings. The summed E-state index contributed by atoms with van der Waals surface area (Å²) >= 11 is 0. The molecule has 0 atom stereocenters. The third-order valence-corrected chi connectivity index (χ3v) is 3.60. The van der Waals surface area contributed by atoms with Gasteiger partial charge in [0.1, 0.15) is 0 Å². The molecule has 1 aliphatic heterocycles. The molecule has 0 unspecified atom stereocenters. The van der Waals surface area contributed by atoms with Crippen LogP contribution in [0.3, 0.4) is 0 Å². The van der Waals surface area contributed by atoms with Crippen molar-refractivity contribution >= 4 is 5.96 Å². The van der Waals surface area contributed by atoms with Crippen molar-refractivity contribution in [2.75, 3.05) is 34.0 Å². The standard InChI is InChI=1S/C16H25N3O3/c1-16(2,20-4)10-19-15(17-3)18-8-7-12-5-6-13-14(9-12)22-11-21-13/h5-6,9H,7-8,10-11H2,1-4H3,(H2,17,18,19). The molecule has 0 aromatic heterocycles. The number of nitrogens with one attached hydrogen (secondary N) is 2. The molecule has 6 heteroatoms. The van der Waals surface area contributed by atoms with Crippen LogP contribution in [0.1, 0.15) is 19.4 Å². The molecule has 2 N–H and O–H groups in total. The number of aliphatic imine (C=N–C) groups is 1. The van der Waals surface area contributed by atoms with Crippen LogP contribution in [0.15, 0.2) is 23.2 Å². The summed E-state index contributed by atoms with van der Waals surface area (Å²) in [4.78, 5) is 4.21. The van der Waals surface area contributed by atoms with E-state index in [0.29, 0.717) is 13.3 Å². The summed E-state index contributed by atoms with van der Waals surface area (Å²) in [6.07, 6.45) is 0.880. The molecule has 0 saturated heterocycles. The number of ether oxygens (including phenoxy) is 3. The summed E-state index contributed by atoms with van der Waals surface area (Å²) in [5, 5.41) is 6.55. The molecule has 22 heavy (non-hydrogen) atoms. The molecule has 1 aromatic rings. The van der Waals surface area contributed by atoms with E-state index < -0.39 is 0 Å². The maximum atomic E-state index is 5.38. The van der Waals surface area contributed by atoms with E-state index in [9.17, 15) is 0 Å². The maximum absolute atomic E-state index is 5.38. The van der Waals surface area contributed by atoms with Gasteiger partial charge in [0.15, 0.2) is 17.5 Å². The van der Waals surface area contributed by atoms with Gasteiger partial charge in [-0.2, -0.15) is 0 Å². The zero-order valence-electron chi connectivity index (χ0n) is 13.7. The van der Waals surface area contributed by atoms with E-state index in [-0.39, 0.29) is 5.60 Å². The number of benzene rings is 1. The average molecular weight is 307 g/mol. The number of guanidine groups is 1. The summed E-state index contributed by atoms with van der Waals surface area (Å²) in [5.41, 5.74) is 0.971. The Morgan fingerprint density at radius 2 is 2.05 bits per heavy atom. The molecule has 0 spiro atoms. The molecular weight excluding hydrogens is 282 g/mol. The third kappa shape index (κ3) is 4.53. The van der Waals surface area contributed by atoms with Crippen LogP contribution < -0.4 is 20.1 Å². The van der Waals surface area contributed by atoms with Crippen molar-refractivity contribution in [3.8, 4) is 11.5 Å². The molecule has 0 saturated carbocycles. The van der Waals surface area contributed by atoms with E-state index in [1.54, 1.807) is 14.2 Å². The Morgan fingerprint density at radius 1 is 1.27 bits per heavy atom. The van der Waals surface area contributed by atoms with Crippen LogP contribution >= 0.6 is 0 Å². The second kappa shape index (κ2) is 7.35. The Morgan fingerprint density at radius 3 is 2.77 bits per heavy atom. The number of hydrogen-bond acceptors (Lipinski definition) is 4.